The Morgan fingerprint density at radius 2 is 2.29 bits per heavy atom. The molecule has 0 saturated carbocycles. The van der Waals surface area contributed by atoms with E-state index in [9.17, 15) is 9.18 Å². The van der Waals surface area contributed by atoms with Crippen LogP contribution < -0.4 is 0 Å². The second-order valence-corrected chi connectivity index (χ2v) is 2.57. The third-order valence-electron chi connectivity index (χ3n) is 1.38. The summed E-state index contributed by atoms with van der Waals surface area (Å²) in [7, 11) is 0. The standard InChI is InChI=1S/C5H2ClFN6O/c6-3-4(7)9-11-13(3)5(14)12-2-1-8-10-12/h1-2H. The van der Waals surface area contributed by atoms with Gasteiger partial charge in [-0.2, -0.15) is 9.07 Å². The van der Waals surface area contributed by atoms with Gasteiger partial charge in [-0.15, -0.1) is 9.78 Å². The molecule has 0 aromatic carbocycles. The SMILES string of the molecule is O=C(n1ccnn1)n1nnc(F)c1Cl. The number of hydrogen-bond donors (Lipinski definition) is 0. The van der Waals surface area contributed by atoms with Gasteiger partial charge in [-0.1, -0.05) is 27.1 Å². The van der Waals surface area contributed by atoms with Crippen molar-refractivity contribution in [1.82, 2.24) is 30.0 Å². The van der Waals surface area contributed by atoms with Gasteiger partial charge >= 0.3 is 6.03 Å². The molecule has 0 saturated heterocycles. The Kier molecular flexibility index (Phi) is 1.97. The summed E-state index contributed by atoms with van der Waals surface area (Å²) in [6.07, 6.45) is 2.57. The summed E-state index contributed by atoms with van der Waals surface area (Å²) >= 11 is 5.40. The van der Waals surface area contributed by atoms with Gasteiger partial charge in [0.05, 0.1) is 12.4 Å². The molecular weight excluding hydrogens is 215 g/mol. The van der Waals surface area contributed by atoms with E-state index in [1.54, 1.807) is 0 Å². The summed E-state index contributed by atoms with van der Waals surface area (Å²) in [5.74, 6) is -1.01. The summed E-state index contributed by atoms with van der Waals surface area (Å²) in [6.45, 7) is 0. The number of aromatic nitrogens is 6. The van der Waals surface area contributed by atoms with E-state index in [4.69, 9.17) is 11.6 Å². The van der Waals surface area contributed by atoms with E-state index in [1.807, 2.05) is 0 Å². The van der Waals surface area contributed by atoms with Crippen LogP contribution in [0.15, 0.2) is 12.4 Å². The van der Waals surface area contributed by atoms with Crippen LogP contribution in [0.25, 0.3) is 0 Å². The molecule has 0 spiro atoms. The molecule has 7 nitrogen and oxygen atoms in total. The number of rotatable bonds is 0. The van der Waals surface area contributed by atoms with Crippen molar-refractivity contribution in [3.05, 3.63) is 23.5 Å². The van der Waals surface area contributed by atoms with Crippen molar-refractivity contribution < 1.29 is 9.18 Å². The molecule has 0 atom stereocenters. The Morgan fingerprint density at radius 3 is 2.79 bits per heavy atom. The van der Waals surface area contributed by atoms with E-state index in [0.717, 1.165) is 4.68 Å². The van der Waals surface area contributed by atoms with Crippen LogP contribution in [0.2, 0.25) is 5.15 Å². The van der Waals surface area contributed by atoms with Crippen molar-refractivity contribution >= 4 is 17.6 Å². The van der Waals surface area contributed by atoms with Gasteiger partial charge in [-0.25, -0.2) is 4.79 Å². The number of nitrogens with zero attached hydrogens (tertiary/aromatic N) is 6. The molecule has 2 aromatic rings. The van der Waals surface area contributed by atoms with Gasteiger partial charge in [-0.05, 0) is 0 Å². The quantitative estimate of drug-likeness (QED) is 0.628. The summed E-state index contributed by atoms with van der Waals surface area (Å²) in [6, 6.07) is -0.760. The number of halogens is 2. The van der Waals surface area contributed by atoms with E-state index in [1.165, 1.54) is 12.4 Å². The monoisotopic (exact) mass is 216 g/mol. The molecule has 2 aromatic heterocycles. The molecule has 0 fully saturated rings. The first-order chi connectivity index (χ1) is 6.70. The van der Waals surface area contributed by atoms with Gasteiger partial charge in [0.1, 0.15) is 0 Å². The molecule has 0 aliphatic rings. The van der Waals surface area contributed by atoms with Gasteiger partial charge < -0.3 is 0 Å². The van der Waals surface area contributed by atoms with Gasteiger partial charge in [0.25, 0.3) is 5.95 Å². The van der Waals surface area contributed by atoms with Crippen molar-refractivity contribution in [2.75, 3.05) is 0 Å². The summed E-state index contributed by atoms with van der Waals surface area (Å²) in [4.78, 5) is 11.4. The summed E-state index contributed by atoms with van der Waals surface area (Å²) < 4.78 is 14.0. The van der Waals surface area contributed by atoms with Crippen molar-refractivity contribution in [3.63, 3.8) is 0 Å². The molecule has 0 bridgehead atoms. The van der Waals surface area contributed by atoms with Gasteiger partial charge in [-0.3, -0.25) is 0 Å². The average molecular weight is 217 g/mol. The summed E-state index contributed by atoms with van der Waals surface area (Å²) in [5.41, 5.74) is 0. The van der Waals surface area contributed by atoms with Gasteiger partial charge in [0.15, 0.2) is 5.15 Å². The van der Waals surface area contributed by atoms with Crippen LogP contribution in [0, 0.1) is 5.95 Å². The zero-order valence-corrected chi connectivity index (χ0v) is 7.26. The Bertz CT molecular complexity index is 465. The third-order valence-corrected chi connectivity index (χ3v) is 1.69. The first-order valence-electron chi connectivity index (χ1n) is 3.38. The van der Waals surface area contributed by atoms with Crippen LogP contribution in [0.4, 0.5) is 9.18 Å². The maximum Gasteiger partial charge on any atom is 0.373 e. The normalized spacial score (nSPS) is 10.4. The largest absolute Gasteiger partial charge is 0.373 e. The van der Waals surface area contributed by atoms with Gasteiger partial charge in [0.2, 0.25) is 0 Å². The highest BCUT2D eigenvalue weighted by molar-refractivity contribution is 6.30. The lowest BCUT2D eigenvalue weighted by molar-refractivity contribution is 0.237. The summed E-state index contributed by atoms with van der Waals surface area (Å²) in [5, 5.41) is 12.5. The second-order valence-electron chi connectivity index (χ2n) is 2.21. The highest BCUT2D eigenvalue weighted by Crippen LogP contribution is 2.10. The Morgan fingerprint density at radius 1 is 1.50 bits per heavy atom. The van der Waals surface area contributed by atoms with Crippen LogP contribution in [-0.2, 0) is 0 Å². The van der Waals surface area contributed by atoms with Crippen LogP contribution in [0.3, 0.4) is 0 Å². The molecule has 2 heterocycles. The molecule has 0 unspecified atom stereocenters. The number of carbonyl (C=O) groups is 1. The zero-order valence-electron chi connectivity index (χ0n) is 6.50. The first-order valence-corrected chi connectivity index (χ1v) is 3.75. The minimum atomic E-state index is -1.01. The lowest BCUT2D eigenvalue weighted by atomic mass is 10.8. The van der Waals surface area contributed by atoms with Crippen molar-refractivity contribution in [3.8, 4) is 0 Å². The number of carbonyl (C=O) groups excluding carboxylic acids is 1. The topological polar surface area (TPSA) is 78.5 Å². The van der Waals surface area contributed by atoms with Crippen molar-refractivity contribution in [2.45, 2.75) is 0 Å². The molecule has 0 amide bonds. The average Bonchev–Trinajstić information content (AvgIpc) is 2.77. The molecule has 0 aliphatic carbocycles. The molecule has 0 N–H and O–H groups in total. The smallest absolute Gasteiger partial charge is 0.243 e. The van der Waals surface area contributed by atoms with Crippen LogP contribution >= 0.6 is 11.6 Å². The van der Waals surface area contributed by atoms with E-state index in [-0.39, 0.29) is 0 Å². The molecule has 72 valence electrons. The van der Waals surface area contributed by atoms with Crippen LogP contribution in [0.1, 0.15) is 0 Å². The molecule has 0 aliphatic heterocycles. The fourth-order valence-electron chi connectivity index (χ4n) is 0.781. The van der Waals surface area contributed by atoms with E-state index >= 15 is 0 Å². The highest BCUT2D eigenvalue weighted by atomic mass is 35.5. The van der Waals surface area contributed by atoms with Gasteiger partial charge in [0, 0.05) is 0 Å². The zero-order chi connectivity index (χ0) is 10.1. The number of hydrogen-bond acceptors (Lipinski definition) is 5. The van der Waals surface area contributed by atoms with E-state index in [0.29, 0.717) is 4.68 Å². The van der Waals surface area contributed by atoms with Crippen molar-refractivity contribution in [1.29, 1.82) is 0 Å². The highest BCUT2D eigenvalue weighted by Gasteiger charge is 2.17. The maximum atomic E-state index is 12.6. The minimum Gasteiger partial charge on any atom is -0.243 e. The minimum absolute atomic E-state index is 0.495. The fourth-order valence-corrected chi connectivity index (χ4v) is 0.925. The molecular formula is C5H2ClFN6O. The Balaban J connectivity index is 2.42. The second kappa shape index (κ2) is 3.14. The Labute approximate surface area is 81.1 Å². The van der Waals surface area contributed by atoms with Crippen LogP contribution in [-0.4, -0.2) is 36.0 Å². The van der Waals surface area contributed by atoms with Crippen molar-refractivity contribution in [2.24, 2.45) is 0 Å². The predicted molar refractivity (Wildman–Crippen MR) is 41.2 cm³/mol. The first kappa shape index (κ1) is 8.75. The van der Waals surface area contributed by atoms with E-state index < -0.39 is 17.1 Å². The lowest BCUT2D eigenvalue weighted by Crippen LogP contribution is -2.21. The van der Waals surface area contributed by atoms with E-state index in [2.05, 4.69) is 20.6 Å². The molecule has 14 heavy (non-hydrogen) atoms. The maximum absolute atomic E-state index is 12.6. The molecule has 0 radical (unpaired) electrons. The third kappa shape index (κ3) is 1.25. The lowest BCUT2D eigenvalue weighted by Gasteiger charge is -1.97. The Hall–Kier alpha value is -1.83. The molecule has 9 heteroatoms. The molecule has 2 rings (SSSR count). The predicted octanol–water partition coefficient (Wildman–Crippen LogP) is 0.178. The van der Waals surface area contributed by atoms with Crippen LogP contribution in [0.5, 0.6) is 0 Å². The fraction of sp³-hybridized carbons (Fsp3) is 0.